The molecule has 2 aromatic carbocycles. The van der Waals surface area contributed by atoms with Gasteiger partial charge in [-0.3, -0.25) is 15.0 Å². The lowest BCUT2D eigenvalue weighted by atomic mass is 10.1. The molecule has 4 rings (SSSR count). The molecule has 0 bridgehead atoms. The summed E-state index contributed by atoms with van der Waals surface area (Å²) in [6.07, 6.45) is 0. The third kappa shape index (κ3) is 4.93. The van der Waals surface area contributed by atoms with Gasteiger partial charge in [0.2, 0.25) is 10.0 Å². The molecule has 0 aromatic heterocycles. The van der Waals surface area contributed by atoms with Crippen LogP contribution < -0.4 is 4.90 Å². The van der Waals surface area contributed by atoms with Crippen molar-refractivity contribution in [2.75, 3.05) is 57.4 Å². The molecule has 2 aromatic rings. The zero-order valence-electron chi connectivity index (χ0n) is 18.1. The van der Waals surface area contributed by atoms with Gasteiger partial charge in [0, 0.05) is 51.9 Å². The first kappa shape index (κ1) is 22.7. The Balaban J connectivity index is 1.48. The van der Waals surface area contributed by atoms with Gasteiger partial charge in [-0.15, -0.1) is 0 Å². The van der Waals surface area contributed by atoms with Crippen molar-refractivity contribution in [3.8, 4) is 0 Å². The summed E-state index contributed by atoms with van der Waals surface area (Å²) >= 11 is 0. The lowest BCUT2D eigenvalue weighted by molar-refractivity contribution is -0.384. The Labute approximate surface area is 188 Å². The van der Waals surface area contributed by atoms with Gasteiger partial charge < -0.3 is 9.64 Å². The Kier molecular flexibility index (Phi) is 6.75. The summed E-state index contributed by atoms with van der Waals surface area (Å²) in [4.78, 5) is 15.6. The Morgan fingerprint density at radius 2 is 1.72 bits per heavy atom. The van der Waals surface area contributed by atoms with Gasteiger partial charge in [0.1, 0.15) is 5.69 Å². The predicted octanol–water partition coefficient (Wildman–Crippen LogP) is 2.25. The van der Waals surface area contributed by atoms with Gasteiger partial charge in [-0.25, -0.2) is 8.42 Å². The minimum Gasteiger partial charge on any atom is -0.379 e. The molecule has 2 saturated heterocycles. The first-order valence-corrected chi connectivity index (χ1v) is 12.2. The van der Waals surface area contributed by atoms with Gasteiger partial charge in [-0.2, -0.15) is 4.31 Å². The largest absolute Gasteiger partial charge is 0.379 e. The van der Waals surface area contributed by atoms with Gasteiger partial charge in [0.15, 0.2) is 0 Å². The van der Waals surface area contributed by atoms with E-state index < -0.39 is 14.9 Å². The number of rotatable bonds is 6. The minimum atomic E-state index is -3.79. The number of anilines is 1. The van der Waals surface area contributed by atoms with Crippen LogP contribution in [-0.2, 0) is 21.3 Å². The molecule has 0 spiro atoms. The summed E-state index contributed by atoms with van der Waals surface area (Å²) in [5.74, 6) is 0. The number of sulfonamides is 1. The maximum absolute atomic E-state index is 12.9. The number of morpholine rings is 1. The molecule has 10 heteroatoms. The fourth-order valence-corrected chi connectivity index (χ4v) is 5.66. The quantitative estimate of drug-likeness (QED) is 0.482. The molecule has 0 N–H and O–H groups in total. The Morgan fingerprint density at radius 1 is 1.00 bits per heavy atom. The smallest absolute Gasteiger partial charge is 0.293 e. The Hall–Kier alpha value is -2.53. The topological polar surface area (TPSA) is 96.2 Å². The second-order valence-electron chi connectivity index (χ2n) is 8.18. The molecular weight excluding hydrogens is 432 g/mol. The second-order valence-corrected chi connectivity index (χ2v) is 10.1. The molecule has 2 fully saturated rings. The first-order chi connectivity index (χ1) is 15.3. The van der Waals surface area contributed by atoms with Crippen LogP contribution in [-0.4, -0.2) is 75.0 Å². The van der Waals surface area contributed by atoms with Gasteiger partial charge >= 0.3 is 0 Å². The zero-order valence-corrected chi connectivity index (χ0v) is 19.0. The third-order valence-corrected chi connectivity index (χ3v) is 7.85. The molecule has 9 nitrogen and oxygen atoms in total. The number of nitro groups is 1. The summed E-state index contributed by atoms with van der Waals surface area (Å²) in [7, 11) is -3.79. The number of ether oxygens (including phenoxy) is 1. The molecule has 0 atom stereocenters. The van der Waals surface area contributed by atoms with Crippen LogP contribution in [0.2, 0.25) is 0 Å². The standard InChI is InChI=1S/C22H28N4O5S/c1-18-3-2-4-19(15-18)17-23-7-9-24(10-8-23)21-6-5-20(16-22(21)26(27)28)32(29,30)25-11-13-31-14-12-25/h2-6,15-16H,7-14,17H2,1H3. The first-order valence-electron chi connectivity index (χ1n) is 10.7. The summed E-state index contributed by atoms with van der Waals surface area (Å²) in [5, 5.41) is 11.8. The van der Waals surface area contributed by atoms with Crippen LogP contribution in [0.15, 0.2) is 47.4 Å². The van der Waals surface area contributed by atoms with Gasteiger partial charge in [0.25, 0.3) is 5.69 Å². The van der Waals surface area contributed by atoms with E-state index in [-0.39, 0.29) is 23.7 Å². The highest BCUT2D eigenvalue weighted by Crippen LogP contribution is 2.32. The Bertz CT molecular complexity index is 1080. The fraction of sp³-hybridized carbons (Fsp3) is 0.455. The summed E-state index contributed by atoms with van der Waals surface area (Å²) in [5.41, 5.74) is 2.77. The van der Waals surface area contributed by atoms with Gasteiger partial charge in [0.05, 0.1) is 23.0 Å². The van der Waals surface area contributed by atoms with E-state index in [9.17, 15) is 18.5 Å². The van der Waals surface area contributed by atoms with Crippen molar-refractivity contribution >= 4 is 21.4 Å². The molecule has 2 heterocycles. The zero-order chi connectivity index (χ0) is 22.7. The van der Waals surface area contributed by atoms with Crippen LogP contribution in [0.1, 0.15) is 11.1 Å². The van der Waals surface area contributed by atoms with Gasteiger partial charge in [-0.05, 0) is 24.6 Å². The van der Waals surface area contributed by atoms with E-state index in [1.165, 1.54) is 27.6 Å². The molecule has 2 aliphatic heterocycles. The van der Waals surface area contributed by atoms with Crippen LogP contribution in [0.4, 0.5) is 11.4 Å². The lowest BCUT2D eigenvalue weighted by Crippen LogP contribution is -2.46. The van der Waals surface area contributed by atoms with E-state index in [2.05, 4.69) is 36.1 Å². The molecule has 0 saturated carbocycles. The van der Waals surface area contributed by atoms with Crippen molar-refractivity contribution in [1.82, 2.24) is 9.21 Å². The van der Waals surface area contributed by atoms with Crippen molar-refractivity contribution in [3.05, 3.63) is 63.7 Å². The van der Waals surface area contributed by atoms with E-state index in [4.69, 9.17) is 4.74 Å². The molecule has 172 valence electrons. The maximum Gasteiger partial charge on any atom is 0.293 e. The lowest BCUT2D eigenvalue weighted by Gasteiger charge is -2.36. The molecule has 0 aliphatic carbocycles. The van der Waals surface area contributed by atoms with Crippen LogP contribution in [0.25, 0.3) is 0 Å². The number of nitrogens with zero attached hydrogens (tertiary/aromatic N) is 4. The number of aryl methyl sites for hydroxylation is 1. The number of piperazine rings is 1. The van der Waals surface area contributed by atoms with Crippen LogP contribution in [0.5, 0.6) is 0 Å². The average Bonchev–Trinajstić information content (AvgIpc) is 2.80. The maximum atomic E-state index is 12.9. The van der Waals surface area contributed by atoms with Crippen molar-refractivity contribution in [2.24, 2.45) is 0 Å². The van der Waals surface area contributed by atoms with Crippen LogP contribution in [0.3, 0.4) is 0 Å². The molecular formula is C22H28N4O5S. The molecule has 0 amide bonds. The van der Waals surface area contributed by atoms with Crippen LogP contribution >= 0.6 is 0 Å². The van der Waals surface area contributed by atoms with Gasteiger partial charge in [-0.1, -0.05) is 29.8 Å². The van der Waals surface area contributed by atoms with Crippen LogP contribution in [0, 0.1) is 17.0 Å². The monoisotopic (exact) mass is 460 g/mol. The predicted molar refractivity (Wildman–Crippen MR) is 121 cm³/mol. The summed E-state index contributed by atoms with van der Waals surface area (Å²) in [6.45, 7) is 6.90. The second kappa shape index (κ2) is 9.53. The summed E-state index contributed by atoms with van der Waals surface area (Å²) < 4.78 is 32.4. The number of nitro benzene ring substituents is 1. The number of hydrogen-bond acceptors (Lipinski definition) is 7. The molecule has 0 radical (unpaired) electrons. The van der Waals surface area contributed by atoms with Crippen molar-refractivity contribution in [2.45, 2.75) is 18.4 Å². The van der Waals surface area contributed by atoms with E-state index >= 15 is 0 Å². The SMILES string of the molecule is Cc1cccc(CN2CCN(c3ccc(S(=O)(=O)N4CCOCC4)cc3[N+](=O)[O-])CC2)c1. The van der Waals surface area contributed by atoms with Crippen molar-refractivity contribution in [3.63, 3.8) is 0 Å². The highest BCUT2D eigenvalue weighted by atomic mass is 32.2. The number of benzene rings is 2. The van der Waals surface area contributed by atoms with Crippen molar-refractivity contribution in [1.29, 1.82) is 0 Å². The Morgan fingerprint density at radius 3 is 2.38 bits per heavy atom. The fourth-order valence-electron chi connectivity index (χ4n) is 4.23. The normalized spacial score (nSPS) is 18.6. The highest BCUT2D eigenvalue weighted by Gasteiger charge is 2.30. The third-order valence-electron chi connectivity index (χ3n) is 5.95. The molecule has 2 aliphatic rings. The van der Waals surface area contributed by atoms with E-state index in [1.54, 1.807) is 6.07 Å². The number of hydrogen-bond donors (Lipinski definition) is 0. The average molecular weight is 461 g/mol. The molecule has 32 heavy (non-hydrogen) atoms. The van der Waals surface area contributed by atoms with E-state index in [1.807, 2.05) is 4.90 Å². The summed E-state index contributed by atoms with van der Waals surface area (Å²) in [6, 6.07) is 12.6. The van der Waals surface area contributed by atoms with Crippen molar-refractivity contribution < 1.29 is 18.1 Å². The highest BCUT2D eigenvalue weighted by molar-refractivity contribution is 7.89. The minimum absolute atomic E-state index is 0.0482. The molecule has 0 unspecified atom stereocenters. The van der Waals surface area contributed by atoms with E-state index in [0.717, 1.165) is 19.6 Å². The van der Waals surface area contributed by atoms with E-state index in [0.29, 0.717) is 32.0 Å².